The van der Waals surface area contributed by atoms with E-state index in [0.29, 0.717) is 35.4 Å². The summed E-state index contributed by atoms with van der Waals surface area (Å²) in [5.74, 6) is 2.79. The lowest BCUT2D eigenvalue weighted by Crippen LogP contribution is -2.17. The number of methoxy groups -OCH3 is 1. The Morgan fingerprint density at radius 1 is 1.22 bits per heavy atom. The third-order valence-corrected chi connectivity index (χ3v) is 5.06. The van der Waals surface area contributed by atoms with Gasteiger partial charge in [-0.15, -0.1) is 0 Å². The van der Waals surface area contributed by atoms with Crippen molar-refractivity contribution in [3.05, 3.63) is 58.6 Å². The van der Waals surface area contributed by atoms with Gasteiger partial charge in [0.2, 0.25) is 0 Å². The van der Waals surface area contributed by atoms with Crippen molar-refractivity contribution in [2.45, 2.75) is 41.0 Å². The molecule has 3 aromatic rings. The van der Waals surface area contributed by atoms with E-state index in [9.17, 15) is 4.79 Å². The van der Waals surface area contributed by atoms with Crippen molar-refractivity contribution in [1.82, 2.24) is 15.1 Å². The molecule has 0 saturated carbocycles. The summed E-state index contributed by atoms with van der Waals surface area (Å²) >= 11 is 0. The van der Waals surface area contributed by atoms with E-state index in [1.54, 1.807) is 31.5 Å². The molecule has 0 aliphatic rings. The molecule has 170 valence electrons. The Labute approximate surface area is 188 Å². The molecular weight excluding hydrogens is 408 g/mol. The van der Waals surface area contributed by atoms with E-state index < -0.39 is 0 Å². The third-order valence-electron chi connectivity index (χ3n) is 5.06. The van der Waals surface area contributed by atoms with Crippen LogP contribution in [-0.4, -0.2) is 35.6 Å². The average molecular weight is 439 g/mol. The Bertz CT molecular complexity index is 1110. The molecule has 0 spiro atoms. The maximum atomic E-state index is 12.6. The lowest BCUT2D eigenvalue weighted by molar-refractivity contribution is 0.0954. The average Bonchev–Trinajstić information content (AvgIpc) is 3.29. The number of hydrogen-bond donors (Lipinski definition) is 1. The van der Waals surface area contributed by atoms with E-state index in [4.69, 9.17) is 14.0 Å². The zero-order valence-electron chi connectivity index (χ0n) is 19.4. The first-order valence-electron chi connectivity index (χ1n) is 10.6. The van der Waals surface area contributed by atoms with Gasteiger partial charge in [0.05, 0.1) is 19.9 Å². The van der Waals surface area contributed by atoms with Crippen molar-refractivity contribution in [1.29, 1.82) is 0 Å². The topological polar surface area (TPSA) is 90.9 Å². The molecule has 32 heavy (non-hydrogen) atoms. The van der Waals surface area contributed by atoms with Crippen LogP contribution in [0.4, 0.5) is 0 Å². The van der Waals surface area contributed by atoms with Crippen molar-refractivity contribution < 1.29 is 18.8 Å². The number of amides is 1. The standard InChI is InChI=1S/C24H30N4O4/c1-15(2)9-10-31-21-8-7-19(13-22(21)30-6)24(29)26-25-14-20-11-16(3)28(18(20)5)23-12-17(4)32-27-23/h7-8,11-15H,9-10H2,1-6H3,(H,26,29)/b25-14+. The molecule has 3 rings (SSSR count). The van der Waals surface area contributed by atoms with Gasteiger partial charge in [-0.05, 0) is 57.4 Å². The molecule has 0 saturated heterocycles. The zero-order valence-corrected chi connectivity index (χ0v) is 19.4. The van der Waals surface area contributed by atoms with Crippen LogP contribution in [0.15, 0.2) is 40.0 Å². The third kappa shape index (κ3) is 5.38. The van der Waals surface area contributed by atoms with E-state index in [-0.39, 0.29) is 5.91 Å². The van der Waals surface area contributed by atoms with E-state index in [0.717, 1.165) is 29.1 Å². The van der Waals surface area contributed by atoms with Gasteiger partial charge in [0.15, 0.2) is 17.3 Å². The van der Waals surface area contributed by atoms with Crippen LogP contribution in [0.25, 0.3) is 5.82 Å². The minimum Gasteiger partial charge on any atom is -0.493 e. The number of nitrogens with one attached hydrogen (secondary N) is 1. The van der Waals surface area contributed by atoms with E-state index in [1.807, 2.05) is 37.5 Å². The molecule has 1 N–H and O–H groups in total. The number of ether oxygens (including phenoxy) is 2. The highest BCUT2D eigenvalue weighted by molar-refractivity contribution is 5.95. The Morgan fingerprint density at radius 2 is 2.00 bits per heavy atom. The molecule has 0 fully saturated rings. The zero-order chi connectivity index (χ0) is 23.3. The second-order valence-electron chi connectivity index (χ2n) is 8.05. The van der Waals surface area contributed by atoms with Crippen LogP contribution >= 0.6 is 0 Å². The first-order chi connectivity index (χ1) is 15.3. The van der Waals surface area contributed by atoms with Gasteiger partial charge in [-0.3, -0.25) is 9.36 Å². The van der Waals surface area contributed by atoms with Gasteiger partial charge in [0.1, 0.15) is 5.76 Å². The first-order valence-corrected chi connectivity index (χ1v) is 10.6. The second kappa shape index (κ2) is 10.2. The van der Waals surface area contributed by atoms with Gasteiger partial charge in [-0.2, -0.15) is 5.10 Å². The second-order valence-corrected chi connectivity index (χ2v) is 8.05. The summed E-state index contributed by atoms with van der Waals surface area (Å²) in [7, 11) is 1.55. The summed E-state index contributed by atoms with van der Waals surface area (Å²) < 4.78 is 18.3. The van der Waals surface area contributed by atoms with Crippen molar-refractivity contribution in [3.8, 4) is 17.3 Å². The smallest absolute Gasteiger partial charge is 0.271 e. The summed E-state index contributed by atoms with van der Waals surface area (Å²) in [6, 6.07) is 8.92. The van der Waals surface area contributed by atoms with Crippen LogP contribution in [0.3, 0.4) is 0 Å². The number of benzene rings is 1. The summed E-state index contributed by atoms with van der Waals surface area (Å²) in [4.78, 5) is 12.6. The number of carbonyl (C=O) groups is 1. The highest BCUT2D eigenvalue weighted by Crippen LogP contribution is 2.28. The van der Waals surface area contributed by atoms with Gasteiger partial charge < -0.3 is 14.0 Å². The van der Waals surface area contributed by atoms with Gasteiger partial charge in [-0.25, -0.2) is 5.43 Å². The first kappa shape index (κ1) is 23.1. The molecule has 2 heterocycles. The molecule has 0 unspecified atom stereocenters. The van der Waals surface area contributed by atoms with Crippen LogP contribution in [0.2, 0.25) is 0 Å². The highest BCUT2D eigenvalue weighted by Gasteiger charge is 2.14. The number of aryl methyl sites for hydroxylation is 2. The van der Waals surface area contributed by atoms with Crippen LogP contribution in [-0.2, 0) is 0 Å². The number of carbonyl (C=O) groups excluding carboxylic acids is 1. The maximum Gasteiger partial charge on any atom is 0.271 e. The van der Waals surface area contributed by atoms with Crippen LogP contribution < -0.4 is 14.9 Å². The molecule has 1 aromatic carbocycles. The van der Waals surface area contributed by atoms with Gasteiger partial charge in [-0.1, -0.05) is 19.0 Å². The van der Waals surface area contributed by atoms with E-state index in [1.165, 1.54) is 0 Å². The lowest BCUT2D eigenvalue weighted by atomic mass is 10.1. The molecule has 1 amide bonds. The number of nitrogens with zero attached hydrogens (tertiary/aromatic N) is 3. The van der Waals surface area contributed by atoms with Crippen molar-refractivity contribution in [3.63, 3.8) is 0 Å². The largest absolute Gasteiger partial charge is 0.493 e. The van der Waals surface area contributed by atoms with Crippen LogP contribution in [0.5, 0.6) is 11.5 Å². The van der Waals surface area contributed by atoms with Gasteiger partial charge in [0.25, 0.3) is 5.91 Å². The number of hydrogen-bond acceptors (Lipinski definition) is 6. The fourth-order valence-corrected chi connectivity index (χ4v) is 3.29. The van der Waals surface area contributed by atoms with Crippen LogP contribution in [0.1, 0.15) is 53.3 Å². The van der Waals surface area contributed by atoms with Crippen molar-refractivity contribution in [2.75, 3.05) is 13.7 Å². The van der Waals surface area contributed by atoms with Gasteiger partial charge >= 0.3 is 0 Å². The summed E-state index contributed by atoms with van der Waals surface area (Å²) in [6.07, 6.45) is 2.56. The van der Waals surface area contributed by atoms with Gasteiger partial charge in [0, 0.05) is 28.6 Å². The monoisotopic (exact) mass is 438 g/mol. The number of rotatable bonds is 9. The summed E-state index contributed by atoms with van der Waals surface area (Å²) in [5, 5.41) is 8.20. The Morgan fingerprint density at radius 3 is 2.66 bits per heavy atom. The molecule has 8 heteroatoms. The minimum atomic E-state index is -0.339. The molecular formula is C24H30N4O4. The van der Waals surface area contributed by atoms with Crippen LogP contribution in [0, 0.1) is 26.7 Å². The quantitative estimate of drug-likeness (QED) is 0.390. The highest BCUT2D eigenvalue weighted by atomic mass is 16.5. The minimum absolute atomic E-state index is 0.339. The normalized spacial score (nSPS) is 11.3. The maximum absolute atomic E-state index is 12.6. The summed E-state index contributed by atoms with van der Waals surface area (Å²) in [6.45, 7) is 10.7. The molecule has 0 radical (unpaired) electrons. The Hall–Kier alpha value is -3.55. The fourth-order valence-electron chi connectivity index (χ4n) is 3.29. The fraction of sp³-hybridized carbons (Fsp3) is 0.375. The van der Waals surface area contributed by atoms with E-state index in [2.05, 4.69) is 29.5 Å². The summed E-state index contributed by atoms with van der Waals surface area (Å²) in [5.41, 5.74) is 5.80. The molecule has 0 bridgehead atoms. The Balaban J connectivity index is 1.68. The predicted octanol–water partition coefficient (Wildman–Crippen LogP) is 4.59. The van der Waals surface area contributed by atoms with Crippen molar-refractivity contribution >= 4 is 12.1 Å². The molecule has 0 aliphatic carbocycles. The molecule has 2 aromatic heterocycles. The van der Waals surface area contributed by atoms with Crippen molar-refractivity contribution in [2.24, 2.45) is 11.0 Å². The lowest BCUT2D eigenvalue weighted by Gasteiger charge is -2.12. The number of aromatic nitrogens is 2. The number of hydrazone groups is 1. The predicted molar refractivity (Wildman–Crippen MR) is 123 cm³/mol. The molecule has 0 aliphatic heterocycles. The molecule has 0 atom stereocenters. The molecule has 8 nitrogen and oxygen atoms in total. The SMILES string of the molecule is COc1cc(C(=O)N/N=C/c2cc(C)n(-c3cc(C)on3)c2C)ccc1OCCC(C)C. The van der Waals surface area contributed by atoms with E-state index >= 15 is 0 Å². The Kier molecular flexibility index (Phi) is 7.35.